The molecule has 30 heavy (non-hydrogen) atoms. The lowest BCUT2D eigenvalue weighted by Crippen LogP contribution is -2.29. The molecule has 5 nitrogen and oxygen atoms in total. The van der Waals surface area contributed by atoms with Crippen LogP contribution >= 0.6 is 11.3 Å². The molecule has 0 spiro atoms. The average Bonchev–Trinajstić information content (AvgIpc) is 3.12. The van der Waals surface area contributed by atoms with E-state index >= 15 is 0 Å². The first-order valence-electron chi connectivity index (χ1n) is 10.4. The number of aryl methyl sites for hydroxylation is 1. The lowest BCUT2D eigenvalue weighted by Gasteiger charge is -2.13. The van der Waals surface area contributed by atoms with E-state index < -0.39 is 0 Å². The summed E-state index contributed by atoms with van der Waals surface area (Å²) in [6.45, 7) is 0.907. The fraction of sp³-hybridized carbons (Fsp3) is 0.333. The third-order valence-corrected chi connectivity index (χ3v) is 6.68. The van der Waals surface area contributed by atoms with Crippen LogP contribution in [0.5, 0.6) is 0 Å². The summed E-state index contributed by atoms with van der Waals surface area (Å²) in [5.74, 6) is -0.234. The van der Waals surface area contributed by atoms with Gasteiger partial charge >= 0.3 is 0 Å². The van der Waals surface area contributed by atoms with Crippen molar-refractivity contribution in [2.45, 2.75) is 32.1 Å². The number of thiophene rings is 1. The Bertz CT molecular complexity index is 1070. The molecule has 156 valence electrons. The largest absolute Gasteiger partial charge is 0.383 e. The van der Waals surface area contributed by atoms with Gasteiger partial charge in [0.25, 0.3) is 5.91 Å². The Morgan fingerprint density at radius 1 is 1.07 bits per heavy atom. The predicted molar refractivity (Wildman–Crippen MR) is 121 cm³/mol. The topological polar surface area (TPSA) is 67.4 Å². The van der Waals surface area contributed by atoms with E-state index in [0.29, 0.717) is 23.7 Å². The van der Waals surface area contributed by atoms with Crippen molar-refractivity contribution in [2.24, 2.45) is 0 Å². The molecule has 0 fully saturated rings. The molecular weight excluding hydrogens is 396 g/mol. The van der Waals surface area contributed by atoms with Gasteiger partial charge in [-0.1, -0.05) is 42.5 Å². The lowest BCUT2D eigenvalue weighted by molar-refractivity contribution is -0.115. The second kappa shape index (κ2) is 9.41. The number of nitrogens with one attached hydrogen (secondary N) is 2. The molecule has 0 aliphatic heterocycles. The maximum absolute atomic E-state index is 12.9. The number of hydrogen-bond donors (Lipinski definition) is 2. The van der Waals surface area contributed by atoms with Gasteiger partial charge in [-0.05, 0) is 47.6 Å². The molecule has 0 unspecified atom stereocenters. The summed E-state index contributed by atoms with van der Waals surface area (Å²) in [6, 6.07) is 14.1. The number of hydrogen-bond acceptors (Lipinski definition) is 4. The highest BCUT2D eigenvalue weighted by atomic mass is 32.1. The molecule has 1 aliphatic rings. The summed E-state index contributed by atoms with van der Waals surface area (Å²) in [6.07, 6.45) is 4.33. The van der Waals surface area contributed by atoms with Crippen LogP contribution in [0.1, 0.15) is 39.2 Å². The van der Waals surface area contributed by atoms with Crippen molar-refractivity contribution in [3.05, 3.63) is 64.0 Å². The lowest BCUT2D eigenvalue weighted by atomic mass is 9.95. The zero-order valence-corrected chi connectivity index (χ0v) is 17.9. The molecule has 1 heterocycles. The van der Waals surface area contributed by atoms with E-state index in [-0.39, 0.29) is 18.2 Å². The van der Waals surface area contributed by atoms with Crippen molar-refractivity contribution in [2.75, 3.05) is 25.6 Å². The standard InChI is InChI=1S/C24H26N2O3S/c1-29-14-13-25-23(28)22-19-11-4-5-12-20(19)30-24(22)26-21(27)15-17-9-6-8-16-7-2-3-10-18(16)17/h2-3,6-10H,4-5,11-15H2,1H3,(H,25,28)(H,26,27). The van der Waals surface area contributed by atoms with Crippen molar-refractivity contribution in [1.29, 1.82) is 0 Å². The van der Waals surface area contributed by atoms with E-state index in [1.54, 1.807) is 18.4 Å². The normalized spacial score (nSPS) is 13.1. The van der Waals surface area contributed by atoms with Gasteiger partial charge in [-0.2, -0.15) is 0 Å². The van der Waals surface area contributed by atoms with Crippen LogP contribution in [0.3, 0.4) is 0 Å². The first-order valence-corrected chi connectivity index (χ1v) is 11.2. The number of anilines is 1. The van der Waals surface area contributed by atoms with Crippen LogP contribution < -0.4 is 10.6 Å². The number of ether oxygens (including phenoxy) is 1. The molecule has 6 heteroatoms. The number of benzene rings is 2. The van der Waals surface area contributed by atoms with E-state index in [1.807, 2.05) is 42.5 Å². The van der Waals surface area contributed by atoms with Crippen molar-refractivity contribution >= 4 is 38.9 Å². The molecule has 1 aromatic heterocycles. The Balaban J connectivity index is 1.56. The zero-order valence-electron chi connectivity index (χ0n) is 17.1. The molecule has 0 saturated carbocycles. The van der Waals surface area contributed by atoms with Crippen molar-refractivity contribution in [3.8, 4) is 0 Å². The molecule has 0 saturated heterocycles. The third kappa shape index (κ3) is 4.40. The van der Waals surface area contributed by atoms with Gasteiger partial charge in [0.05, 0.1) is 18.6 Å². The van der Waals surface area contributed by atoms with E-state index in [9.17, 15) is 9.59 Å². The van der Waals surface area contributed by atoms with E-state index in [4.69, 9.17) is 4.74 Å². The van der Waals surface area contributed by atoms with Crippen LogP contribution in [0.25, 0.3) is 10.8 Å². The first kappa shape index (κ1) is 20.6. The Kier molecular flexibility index (Phi) is 6.45. The van der Waals surface area contributed by atoms with Crippen LogP contribution in [0.4, 0.5) is 5.00 Å². The van der Waals surface area contributed by atoms with E-state index in [1.165, 1.54) is 4.88 Å². The van der Waals surface area contributed by atoms with Gasteiger partial charge < -0.3 is 15.4 Å². The highest BCUT2D eigenvalue weighted by molar-refractivity contribution is 7.17. The number of fused-ring (bicyclic) bond motifs is 2. The van der Waals surface area contributed by atoms with Crippen molar-refractivity contribution < 1.29 is 14.3 Å². The minimum atomic E-state index is -0.132. The Morgan fingerprint density at radius 2 is 1.87 bits per heavy atom. The number of carbonyl (C=O) groups is 2. The molecule has 0 atom stereocenters. The maximum Gasteiger partial charge on any atom is 0.254 e. The van der Waals surface area contributed by atoms with Crippen molar-refractivity contribution in [3.63, 3.8) is 0 Å². The van der Waals surface area contributed by atoms with Crippen LogP contribution in [-0.4, -0.2) is 32.1 Å². The van der Waals surface area contributed by atoms with Gasteiger partial charge in [0.2, 0.25) is 5.91 Å². The molecule has 4 rings (SSSR count). The Hall–Kier alpha value is -2.70. The molecule has 0 radical (unpaired) electrons. The molecule has 2 N–H and O–H groups in total. The molecule has 1 aliphatic carbocycles. The van der Waals surface area contributed by atoms with Gasteiger partial charge in [0.15, 0.2) is 0 Å². The van der Waals surface area contributed by atoms with Crippen LogP contribution in [-0.2, 0) is 28.8 Å². The quantitative estimate of drug-likeness (QED) is 0.557. The SMILES string of the molecule is COCCNC(=O)c1c(NC(=O)Cc2cccc3ccccc23)sc2c1CCCC2. The highest BCUT2D eigenvalue weighted by Gasteiger charge is 2.26. The predicted octanol–water partition coefficient (Wildman–Crippen LogP) is 4.34. The second-order valence-corrected chi connectivity index (χ2v) is 8.63. The second-order valence-electron chi connectivity index (χ2n) is 7.53. The summed E-state index contributed by atoms with van der Waals surface area (Å²) in [4.78, 5) is 27.0. The van der Waals surface area contributed by atoms with E-state index in [0.717, 1.165) is 47.6 Å². The molecule has 0 bridgehead atoms. The van der Waals surface area contributed by atoms with Crippen LogP contribution in [0.2, 0.25) is 0 Å². The number of methoxy groups -OCH3 is 1. The van der Waals surface area contributed by atoms with Gasteiger partial charge in [-0.25, -0.2) is 0 Å². The van der Waals surface area contributed by atoms with Crippen molar-refractivity contribution in [1.82, 2.24) is 5.32 Å². The highest BCUT2D eigenvalue weighted by Crippen LogP contribution is 2.38. The minimum Gasteiger partial charge on any atom is -0.383 e. The molecule has 2 amide bonds. The van der Waals surface area contributed by atoms with Gasteiger partial charge in [-0.3, -0.25) is 9.59 Å². The van der Waals surface area contributed by atoms with Gasteiger partial charge in [-0.15, -0.1) is 11.3 Å². The molecule has 2 aromatic carbocycles. The third-order valence-electron chi connectivity index (χ3n) is 5.47. The number of amides is 2. The number of rotatable bonds is 7. The van der Waals surface area contributed by atoms with Crippen LogP contribution in [0, 0.1) is 0 Å². The van der Waals surface area contributed by atoms with Crippen LogP contribution in [0.15, 0.2) is 42.5 Å². The first-order chi connectivity index (χ1) is 14.7. The summed E-state index contributed by atoms with van der Waals surface area (Å²) in [5, 5.41) is 8.82. The zero-order chi connectivity index (χ0) is 20.9. The summed E-state index contributed by atoms with van der Waals surface area (Å²) >= 11 is 1.55. The minimum absolute atomic E-state index is 0.101. The maximum atomic E-state index is 12.9. The molecular formula is C24H26N2O3S. The summed E-state index contributed by atoms with van der Waals surface area (Å²) in [5.41, 5.74) is 2.72. The van der Waals surface area contributed by atoms with Gasteiger partial charge in [0, 0.05) is 18.5 Å². The Morgan fingerprint density at radius 3 is 2.73 bits per heavy atom. The monoisotopic (exact) mass is 422 g/mol. The van der Waals surface area contributed by atoms with E-state index in [2.05, 4.69) is 10.6 Å². The molecule has 3 aromatic rings. The fourth-order valence-corrected chi connectivity index (χ4v) is 5.34. The fourth-order valence-electron chi connectivity index (χ4n) is 4.04. The summed E-state index contributed by atoms with van der Waals surface area (Å²) in [7, 11) is 1.61. The number of carbonyl (C=O) groups excluding carboxylic acids is 2. The van der Waals surface area contributed by atoms with Gasteiger partial charge in [0.1, 0.15) is 5.00 Å². The average molecular weight is 423 g/mol. The summed E-state index contributed by atoms with van der Waals surface area (Å²) < 4.78 is 5.04. The Labute approximate surface area is 180 Å². The smallest absolute Gasteiger partial charge is 0.254 e.